The average Bonchev–Trinajstić information content (AvgIpc) is 2.97. The van der Waals surface area contributed by atoms with E-state index in [0.29, 0.717) is 30.7 Å². The van der Waals surface area contributed by atoms with Gasteiger partial charge in [-0.05, 0) is 115 Å². The number of esters is 1. The minimum absolute atomic E-state index is 0.0479. The number of hydrogen-bond donors (Lipinski definition) is 1. The van der Waals surface area contributed by atoms with Gasteiger partial charge >= 0.3 is 5.97 Å². The Balaban J connectivity index is 1.40. The molecule has 5 aliphatic rings. The molecule has 0 bridgehead atoms. The van der Waals surface area contributed by atoms with E-state index in [1.54, 1.807) is 0 Å². The average molecular weight is 602 g/mol. The van der Waals surface area contributed by atoms with Crippen LogP contribution in [0.1, 0.15) is 112 Å². The summed E-state index contributed by atoms with van der Waals surface area (Å²) in [5.41, 5.74) is 1.19. The molecule has 0 aliphatic heterocycles. The standard InChI is InChI=1S/C39H55NO4/c1-24-14-17-35(4)20-21-37(6)28(32(35)25(24)2)22-29(42)33-36(5)18-16-31(44-26(3)41)39(8,30(36)15-19-38(33,37)7)34(43)40-23-27-12-10-9-11-13-27/h9-13,22,24-25,30-33H,14-21,23H2,1-8H3,(H,40,43)/t24-,25+,30-,31-,32+,33-,35-,36+,37-,38-,39-/m1/s1. The van der Waals surface area contributed by atoms with Crippen LogP contribution in [0.4, 0.5) is 0 Å². The predicted octanol–water partition coefficient (Wildman–Crippen LogP) is 8.07. The Hall–Kier alpha value is -2.43. The zero-order chi connectivity index (χ0) is 31.9. The van der Waals surface area contributed by atoms with E-state index in [9.17, 15) is 14.4 Å². The van der Waals surface area contributed by atoms with Gasteiger partial charge in [0.2, 0.25) is 5.91 Å². The maximum atomic E-state index is 14.7. The monoisotopic (exact) mass is 601 g/mol. The molecule has 44 heavy (non-hydrogen) atoms. The summed E-state index contributed by atoms with van der Waals surface area (Å²) >= 11 is 0. The Kier molecular flexibility index (Phi) is 7.57. The molecular formula is C39H55NO4. The first-order valence-electron chi connectivity index (χ1n) is 17.4. The van der Waals surface area contributed by atoms with Crippen molar-refractivity contribution in [3.05, 3.63) is 47.5 Å². The molecule has 6 rings (SSSR count). The second kappa shape index (κ2) is 10.6. The molecule has 5 heteroatoms. The number of nitrogens with one attached hydrogen (secondary N) is 1. The zero-order valence-electron chi connectivity index (χ0n) is 28.4. The van der Waals surface area contributed by atoms with Gasteiger partial charge in [-0.1, -0.05) is 77.4 Å². The first-order valence-corrected chi connectivity index (χ1v) is 17.4. The molecule has 0 aromatic heterocycles. The Bertz CT molecular complexity index is 1370. The second-order valence-electron chi connectivity index (χ2n) is 16.9. The van der Waals surface area contributed by atoms with E-state index in [0.717, 1.165) is 31.2 Å². The molecule has 0 saturated heterocycles. The Morgan fingerprint density at radius 1 is 0.909 bits per heavy atom. The van der Waals surface area contributed by atoms with Gasteiger partial charge in [-0.15, -0.1) is 0 Å². The Morgan fingerprint density at radius 3 is 2.30 bits per heavy atom. The van der Waals surface area contributed by atoms with E-state index in [1.807, 2.05) is 37.3 Å². The number of allylic oxidation sites excluding steroid dienone is 2. The van der Waals surface area contributed by atoms with Crippen LogP contribution in [-0.2, 0) is 25.7 Å². The van der Waals surface area contributed by atoms with Gasteiger partial charge in [-0.3, -0.25) is 14.4 Å². The summed E-state index contributed by atoms with van der Waals surface area (Å²) in [5.74, 6) is 1.29. The minimum Gasteiger partial charge on any atom is -0.461 e. The van der Waals surface area contributed by atoms with Crippen LogP contribution in [-0.4, -0.2) is 23.8 Å². The summed E-state index contributed by atoms with van der Waals surface area (Å²) in [7, 11) is 0. The smallest absolute Gasteiger partial charge is 0.302 e. The molecule has 1 aromatic rings. The number of benzene rings is 1. The number of hydrogen-bond acceptors (Lipinski definition) is 4. The maximum absolute atomic E-state index is 14.7. The number of carbonyl (C=O) groups is 3. The summed E-state index contributed by atoms with van der Waals surface area (Å²) in [6.07, 6.45) is 9.59. The van der Waals surface area contributed by atoms with E-state index in [2.05, 4.69) is 52.9 Å². The fourth-order valence-corrected chi connectivity index (χ4v) is 12.0. The number of ether oxygens (including phenoxy) is 1. The highest BCUT2D eigenvalue weighted by molar-refractivity contribution is 5.96. The molecule has 0 heterocycles. The summed E-state index contributed by atoms with van der Waals surface area (Å²) in [5, 5.41) is 3.23. The van der Waals surface area contributed by atoms with Gasteiger partial charge in [0.25, 0.3) is 0 Å². The van der Waals surface area contributed by atoms with Gasteiger partial charge in [0.15, 0.2) is 5.78 Å². The fraction of sp³-hybridized carbons (Fsp3) is 0.718. The quantitative estimate of drug-likeness (QED) is 0.354. The zero-order valence-corrected chi connectivity index (χ0v) is 28.4. The van der Waals surface area contributed by atoms with Gasteiger partial charge in [0, 0.05) is 19.4 Å². The molecule has 0 spiro atoms. The lowest BCUT2D eigenvalue weighted by molar-refractivity contribution is -0.214. The topological polar surface area (TPSA) is 72.5 Å². The van der Waals surface area contributed by atoms with Crippen LogP contribution >= 0.6 is 0 Å². The van der Waals surface area contributed by atoms with Gasteiger partial charge in [0.1, 0.15) is 6.10 Å². The van der Waals surface area contributed by atoms with E-state index in [1.165, 1.54) is 31.8 Å². The molecule has 5 aliphatic carbocycles. The molecule has 0 unspecified atom stereocenters. The Labute approximate surface area is 265 Å². The van der Waals surface area contributed by atoms with Crippen molar-refractivity contribution in [2.45, 2.75) is 119 Å². The third-order valence-corrected chi connectivity index (χ3v) is 14.8. The van der Waals surface area contributed by atoms with E-state index < -0.39 is 11.5 Å². The van der Waals surface area contributed by atoms with Crippen LogP contribution in [0.2, 0.25) is 0 Å². The molecule has 1 N–H and O–H groups in total. The largest absolute Gasteiger partial charge is 0.461 e. The minimum atomic E-state index is -0.932. The maximum Gasteiger partial charge on any atom is 0.302 e. The molecule has 5 nitrogen and oxygen atoms in total. The summed E-state index contributed by atoms with van der Waals surface area (Å²) in [6, 6.07) is 9.95. The molecule has 1 amide bonds. The summed E-state index contributed by atoms with van der Waals surface area (Å²) < 4.78 is 5.96. The molecule has 0 radical (unpaired) electrons. The predicted molar refractivity (Wildman–Crippen MR) is 173 cm³/mol. The molecule has 4 saturated carbocycles. The van der Waals surface area contributed by atoms with Crippen molar-refractivity contribution in [2.75, 3.05) is 0 Å². The lowest BCUT2D eigenvalue weighted by Gasteiger charge is -2.70. The van der Waals surface area contributed by atoms with Crippen molar-refractivity contribution >= 4 is 17.7 Å². The van der Waals surface area contributed by atoms with Crippen LogP contribution in [0.15, 0.2) is 42.0 Å². The first-order chi connectivity index (χ1) is 20.6. The molecule has 11 atom stereocenters. The van der Waals surface area contributed by atoms with Crippen molar-refractivity contribution in [1.82, 2.24) is 5.32 Å². The number of fused-ring (bicyclic) bond motifs is 7. The lowest BCUT2D eigenvalue weighted by atomic mass is 9.33. The highest BCUT2D eigenvalue weighted by Crippen LogP contribution is 2.75. The van der Waals surface area contributed by atoms with Crippen LogP contribution in [0.5, 0.6) is 0 Å². The molecule has 4 fully saturated rings. The van der Waals surface area contributed by atoms with Crippen molar-refractivity contribution < 1.29 is 19.1 Å². The number of amides is 1. The molecular weight excluding hydrogens is 546 g/mol. The van der Waals surface area contributed by atoms with Crippen LogP contribution in [0.3, 0.4) is 0 Å². The molecule has 240 valence electrons. The number of rotatable bonds is 4. The van der Waals surface area contributed by atoms with Crippen molar-refractivity contribution in [1.29, 1.82) is 0 Å². The van der Waals surface area contributed by atoms with Crippen LogP contribution in [0, 0.1) is 56.7 Å². The third-order valence-electron chi connectivity index (χ3n) is 14.8. The number of carbonyl (C=O) groups excluding carboxylic acids is 3. The van der Waals surface area contributed by atoms with Gasteiger partial charge < -0.3 is 10.1 Å². The van der Waals surface area contributed by atoms with E-state index in [-0.39, 0.29) is 51.2 Å². The van der Waals surface area contributed by atoms with Crippen molar-refractivity contribution in [3.8, 4) is 0 Å². The normalized spacial score (nSPS) is 46.4. The lowest BCUT2D eigenvalue weighted by Crippen LogP contribution is -2.69. The summed E-state index contributed by atoms with van der Waals surface area (Å²) in [4.78, 5) is 41.4. The van der Waals surface area contributed by atoms with Crippen LogP contribution < -0.4 is 5.32 Å². The number of ketones is 1. The van der Waals surface area contributed by atoms with Gasteiger partial charge in [-0.2, -0.15) is 0 Å². The second-order valence-corrected chi connectivity index (χ2v) is 16.9. The fourth-order valence-electron chi connectivity index (χ4n) is 12.0. The molecule has 1 aromatic carbocycles. The van der Waals surface area contributed by atoms with Crippen LogP contribution in [0.25, 0.3) is 0 Å². The van der Waals surface area contributed by atoms with Crippen molar-refractivity contribution in [2.24, 2.45) is 56.7 Å². The SMILES string of the molecule is CC(=O)O[C@@H]1CC[C@@]2(C)[C@@H](CC[C@]3(C)[C@@H]2C(=O)C=C2[C@@H]4[C@@H](C)[C@H](C)CC[C@]4(C)CC[C@]23C)[C@@]1(C)C(=O)NCc1ccccc1. The van der Waals surface area contributed by atoms with Gasteiger partial charge in [-0.25, -0.2) is 0 Å². The third kappa shape index (κ3) is 4.33. The first kappa shape index (κ1) is 31.5. The highest BCUT2D eigenvalue weighted by Gasteiger charge is 2.72. The van der Waals surface area contributed by atoms with Crippen molar-refractivity contribution in [3.63, 3.8) is 0 Å². The van der Waals surface area contributed by atoms with E-state index in [4.69, 9.17) is 4.74 Å². The van der Waals surface area contributed by atoms with Gasteiger partial charge in [0.05, 0.1) is 5.41 Å². The summed E-state index contributed by atoms with van der Waals surface area (Å²) in [6.45, 7) is 18.4. The van der Waals surface area contributed by atoms with E-state index >= 15 is 0 Å². The Morgan fingerprint density at radius 2 is 1.61 bits per heavy atom. The highest BCUT2D eigenvalue weighted by atomic mass is 16.5.